The van der Waals surface area contributed by atoms with Crippen molar-refractivity contribution >= 4 is 0 Å². The highest BCUT2D eigenvalue weighted by atomic mass is 16.5. The van der Waals surface area contributed by atoms with E-state index in [4.69, 9.17) is 4.74 Å². The number of hydrogen-bond donors (Lipinski definition) is 0. The topological polar surface area (TPSA) is 9.23 Å². The van der Waals surface area contributed by atoms with Crippen LogP contribution in [0.1, 0.15) is 90.4 Å². The summed E-state index contributed by atoms with van der Waals surface area (Å²) in [5.41, 5.74) is 0. The van der Waals surface area contributed by atoms with E-state index in [0.717, 1.165) is 24.4 Å². The van der Waals surface area contributed by atoms with E-state index < -0.39 is 0 Å². The Kier molecular flexibility index (Phi) is 9.80. The molecule has 0 radical (unpaired) electrons. The Bertz CT molecular complexity index is 343. The van der Waals surface area contributed by atoms with Crippen molar-refractivity contribution in [3.05, 3.63) is 24.8 Å². The zero-order chi connectivity index (χ0) is 17.0. The Balaban J connectivity index is 1.57. The van der Waals surface area contributed by atoms with E-state index in [0.29, 0.717) is 6.10 Å². The standard InChI is InChI=1S/C23H40O/c1-3-5-7-8-10-20-11-13-21(14-12-20)22-15-17-23(18-16-22)24-19-9-6-4-2/h3,5,7,20-23H,1,4,6,8-19H2,2H3. The molecule has 1 heteroatoms. The van der Waals surface area contributed by atoms with Gasteiger partial charge in [-0.2, -0.15) is 0 Å². The molecule has 0 amide bonds. The molecule has 2 aliphatic carbocycles. The Morgan fingerprint density at radius 3 is 2.21 bits per heavy atom. The maximum Gasteiger partial charge on any atom is 0.0575 e. The van der Waals surface area contributed by atoms with Crippen LogP contribution in [0.25, 0.3) is 0 Å². The Morgan fingerprint density at radius 1 is 0.917 bits per heavy atom. The fourth-order valence-electron chi connectivity index (χ4n) is 4.80. The number of unbranched alkanes of at least 4 members (excludes halogenated alkanes) is 2. The molecule has 2 aliphatic rings. The molecular formula is C23H40O. The third kappa shape index (κ3) is 7.13. The fourth-order valence-corrected chi connectivity index (χ4v) is 4.80. The largest absolute Gasteiger partial charge is 0.378 e. The van der Waals surface area contributed by atoms with Crippen LogP contribution in [0.3, 0.4) is 0 Å². The monoisotopic (exact) mass is 332 g/mol. The molecule has 0 aliphatic heterocycles. The normalized spacial score (nSPS) is 31.4. The first-order valence-corrected chi connectivity index (χ1v) is 10.7. The molecule has 1 nitrogen and oxygen atoms in total. The van der Waals surface area contributed by atoms with Gasteiger partial charge in [0, 0.05) is 6.61 Å². The molecular weight excluding hydrogens is 292 g/mol. The predicted molar refractivity (Wildman–Crippen MR) is 105 cm³/mol. The van der Waals surface area contributed by atoms with Crippen molar-refractivity contribution in [2.45, 2.75) is 96.5 Å². The molecule has 2 saturated carbocycles. The van der Waals surface area contributed by atoms with Crippen molar-refractivity contribution in [1.82, 2.24) is 0 Å². The minimum atomic E-state index is 0.575. The summed E-state index contributed by atoms with van der Waals surface area (Å²) in [5, 5.41) is 0. The van der Waals surface area contributed by atoms with Gasteiger partial charge in [0.2, 0.25) is 0 Å². The molecule has 2 rings (SSSR count). The van der Waals surface area contributed by atoms with Gasteiger partial charge in [0.1, 0.15) is 0 Å². The molecule has 0 spiro atoms. The summed E-state index contributed by atoms with van der Waals surface area (Å²) < 4.78 is 6.09. The molecule has 0 saturated heterocycles. The molecule has 0 aromatic heterocycles. The van der Waals surface area contributed by atoms with Gasteiger partial charge in [-0.05, 0) is 75.5 Å². The number of ether oxygens (including phenoxy) is 1. The van der Waals surface area contributed by atoms with Crippen LogP contribution in [0.2, 0.25) is 0 Å². The molecule has 0 unspecified atom stereocenters. The molecule has 0 heterocycles. The van der Waals surface area contributed by atoms with E-state index >= 15 is 0 Å². The average molecular weight is 333 g/mol. The third-order valence-electron chi connectivity index (χ3n) is 6.39. The summed E-state index contributed by atoms with van der Waals surface area (Å²) in [5.74, 6) is 3.00. The summed E-state index contributed by atoms with van der Waals surface area (Å²) >= 11 is 0. The lowest BCUT2D eigenvalue weighted by Gasteiger charge is -2.37. The number of rotatable bonds is 10. The molecule has 0 bridgehead atoms. The highest BCUT2D eigenvalue weighted by Gasteiger charge is 2.30. The van der Waals surface area contributed by atoms with Gasteiger partial charge in [-0.15, -0.1) is 0 Å². The number of allylic oxidation sites excluding steroid dienone is 3. The molecule has 24 heavy (non-hydrogen) atoms. The summed E-state index contributed by atoms with van der Waals surface area (Å²) in [7, 11) is 0. The maximum absolute atomic E-state index is 6.09. The second kappa shape index (κ2) is 11.9. The minimum absolute atomic E-state index is 0.575. The fraction of sp³-hybridized carbons (Fsp3) is 0.826. The Morgan fingerprint density at radius 2 is 1.58 bits per heavy atom. The highest BCUT2D eigenvalue weighted by molar-refractivity contribution is 4.97. The van der Waals surface area contributed by atoms with Crippen molar-refractivity contribution in [2.75, 3.05) is 6.61 Å². The molecule has 0 N–H and O–H groups in total. The van der Waals surface area contributed by atoms with Crippen molar-refractivity contribution in [1.29, 1.82) is 0 Å². The lowest BCUT2D eigenvalue weighted by atomic mass is 9.70. The average Bonchev–Trinajstić information content (AvgIpc) is 2.64. The van der Waals surface area contributed by atoms with Gasteiger partial charge in [-0.1, -0.05) is 57.4 Å². The lowest BCUT2D eigenvalue weighted by molar-refractivity contribution is 0.00543. The summed E-state index contributed by atoms with van der Waals surface area (Å²) in [6.45, 7) is 7.00. The first-order chi connectivity index (χ1) is 11.8. The van der Waals surface area contributed by atoms with Crippen molar-refractivity contribution in [3.63, 3.8) is 0 Å². The van der Waals surface area contributed by atoms with Gasteiger partial charge in [0.05, 0.1) is 6.10 Å². The summed E-state index contributed by atoms with van der Waals surface area (Å²) in [4.78, 5) is 0. The Labute approximate surface area is 150 Å². The van der Waals surface area contributed by atoms with Crippen LogP contribution in [-0.2, 0) is 4.74 Å². The Hall–Kier alpha value is -0.560. The third-order valence-corrected chi connectivity index (χ3v) is 6.39. The lowest BCUT2D eigenvalue weighted by Crippen LogP contribution is -2.28. The van der Waals surface area contributed by atoms with Crippen molar-refractivity contribution < 1.29 is 4.74 Å². The molecule has 138 valence electrons. The number of hydrogen-bond acceptors (Lipinski definition) is 1. The van der Waals surface area contributed by atoms with Crippen LogP contribution in [0.15, 0.2) is 24.8 Å². The van der Waals surface area contributed by atoms with E-state index in [9.17, 15) is 0 Å². The summed E-state index contributed by atoms with van der Waals surface area (Å²) in [6, 6.07) is 0. The van der Waals surface area contributed by atoms with E-state index in [1.807, 2.05) is 6.08 Å². The maximum atomic E-state index is 6.09. The highest BCUT2D eigenvalue weighted by Crippen LogP contribution is 2.41. The van der Waals surface area contributed by atoms with Crippen LogP contribution in [0.5, 0.6) is 0 Å². The van der Waals surface area contributed by atoms with Crippen LogP contribution >= 0.6 is 0 Å². The second-order valence-corrected chi connectivity index (χ2v) is 8.14. The van der Waals surface area contributed by atoms with Gasteiger partial charge in [0.15, 0.2) is 0 Å². The first-order valence-electron chi connectivity index (χ1n) is 10.7. The van der Waals surface area contributed by atoms with Gasteiger partial charge in [-0.3, -0.25) is 0 Å². The summed E-state index contributed by atoms with van der Waals surface area (Å²) in [6.07, 6.45) is 24.7. The molecule has 0 aromatic carbocycles. The quantitative estimate of drug-likeness (QED) is 0.307. The van der Waals surface area contributed by atoms with Crippen molar-refractivity contribution in [2.24, 2.45) is 17.8 Å². The van der Waals surface area contributed by atoms with Crippen LogP contribution in [0, 0.1) is 17.8 Å². The van der Waals surface area contributed by atoms with Gasteiger partial charge in [0.25, 0.3) is 0 Å². The smallest absolute Gasteiger partial charge is 0.0575 e. The van der Waals surface area contributed by atoms with Crippen LogP contribution < -0.4 is 0 Å². The van der Waals surface area contributed by atoms with E-state index in [2.05, 4.69) is 25.7 Å². The molecule has 0 atom stereocenters. The predicted octanol–water partition coefficient (Wildman–Crippen LogP) is 7.08. The second-order valence-electron chi connectivity index (χ2n) is 8.14. The molecule has 2 fully saturated rings. The minimum Gasteiger partial charge on any atom is -0.378 e. The zero-order valence-corrected chi connectivity index (χ0v) is 16.1. The first kappa shape index (κ1) is 19.8. The van der Waals surface area contributed by atoms with E-state index in [1.165, 1.54) is 83.5 Å². The zero-order valence-electron chi connectivity index (χ0n) is 16.1. The van der Waals surface area contributed by atoms with Gasteiger partial charge in [-0.25, -0.2) is 0 Å². The van der Waals surface area contributed by atoms with E-state index in [1.54, 1.807) is 0 Å². The van der Waals surface area contributed by atoms with Crippen molar-refractivity contribution in [3.8, 4) is 0 Å². The van der Waals surface area contributed by atoms with Gasteiger partial charge >= 0.3 is 0 Å². The SMILES string of the molecule is C=CC=CCCC1CCC(C2CCC(OCCCCC)CC2)CC1. The molecule has 0 aromatic rings. The van der Waals surface area contributed by atoms with Gasteiger partial charge < -0.3 is 4.74 Å². The van der Waals surface area contributed by atoms with Crippen LogP contribution in [0.4, 0.5) is 0 Å². The van der Waals surface area contributed by atoms with Crippen LogP contribution in [-0.4, -0.2) is 12.7 Å². The van der Waals surface area contributed by atoms with E-state index in [-0.39, 0.29) is 0 Å².